The number of nitrogens with zero attached hydrogens (tertiary/aromatic N) is 1. The lowest BCUT2D eigenvalue weighted by Crippen LogP contribution is -2.52. The van der Waals surface area contributed by atoms with Crippen molar-refractivity contribution in [1.29, 1.82) is 0 Å². The number of hydrogen-bond acceptors (Lipinski definition) is 1. The van der Waals surface area contributed by atoms with Crippen molar-refractivity contribution in [3.63, 3.8) is 0 Å². The van der Waals surface area contributed by atoms with Crippen LogP contribution in [0.4, 0.5) is 17.1 Å². The maximum Gasteiger partial charge on any atom is 0.113 e. The third-order valence-electron chi connectivity index (χ3n) is 11.3. The number of benzene rings is 9. The molecule has 0 unspecified atom stereocenters. The molecule has 0 bridgehead atoms. The van der Waals surface area contributed by atoms with Gasteiger partial charge in [0.1, 0.15) is 54.9 Å². The number of fused-ring (bicyclic) bond motifs is 1. The molecular formula is C52H30B7N. The molecule has 0 aliphatic heterocycles. The Bertz CT molecular complexity index is 3010. The van der Waals surface area contributed by atoms with E-state index in [1.807, 2.05) is 36.4 Å². The Labute approximate surface area is 361 Å². The van der Waals surface area contributed by atoms with Gasteiger partial charge in [-0.25, -0.2) is 0 Å². The minimum Gasteiger partial charge on any atom is -0.311 e. The zero-order chi connectivity index (χ0) is 41.5. The Balaban J connectivity index is 1.09. The van der Waals surface area contributed by atoms with E-state index in [0.717, 1.165) is 50.4 Å². The largest absolute Gasteiger partial charge is 0.311 e. The summed E-state index contributed by atoms with van der Waals surface area (Å²) in [5.74, 6) is 0. The van der Waals surface area contributed by atoms with Gasteiger partial charge in [0.15, 0.2) is 0 Å². The van der Waals surface area contributed by atoms with E-state index < -0.39 is 0 Å². The van der Waals surface area contributed by atoms with Gasteiger partial charge in [0.25, 0.3) is 0 Å². The average molecular weight is 745 g/mol. The third-order valence-corrected chi connectivity index (χ3v) is 11.3. The average Bonchev–Trinajstić information content (AvgIpc) is 3.31. The van der Waals surface area contributed by atoms with Gasteiger partial charge in [-0.3, -0.25) is 0 Å². The van der Waals surface area contributed by atoms with Crippen LogP contribution < -0.4 is 43.1 Å². The summed E-state index contributed by atoms with van der Waals surface area (Å²) in [4.78, 5) is 2.27. The van der Waals surface area contributed by atoms with Crippen molar-refractivity contribution >= 4 is 121 Å². The molecule has 0 aliphatic carbocycles. The summed E-state index contributed by atoms with van der Waals surface area (Å²) in [5.41, 5.74) is 14.8. The predicted octanol–water partition coefficient (Wildman–Crippen LogP) is 6.20. The van der Waals surface area contributed by atoms with Crippen molar-refractivity contribution in [2.75, 3.05) is 4.90 Å². The molecule has 0 aliphatic rings. The Morgan fingerprint density at radius 1 is 0.233 bits per heavy atom. The van der Waals surface area contributed by atoms with Crippen LogP contribution >= 0.6 is 0 Å². The zero-order valence-corrected chi connectivity index (χ0v) is 32.8. The van der Waals surface area contributed by atoms with Gasteiger partial charge in [0, 0.05) is 17.1 Å². The van der Waals surface area contributed by atoms with Crippen LogP contribution in [0.15, 0.2) is 182 Å². The molecule has 0 spiro atoms. The van der Waals surface area contributed by atoms with Gasteiger partial charge >= 0.3 is 0 Å². The Hall–Kier alpha value is -6.51. The lowest BCUT2D eigenvalue weighted by molar-refractivity contribution is 1.28. The lowest BCUT2D eigenvalue weighted by Gasteiger charge is -2.26. The molecule has 0 fully saturated rings. The van der Waals surface area contributed by atoms with Crippen LogP contribution in [-0.2, 0) is 0 Å². The van der Waals surface area contributed by atoms with Crippen molar-refractivity contribution in [2.45, 2.75) is 0 Å². The first kappa shape index (κ1) is 39.0. The van der Waals surface area contributed by atoms with Gasteiger partial charge in [0.2, 0.25) is 0 Å². The maximum atomic E-state index is 6.68. The van der Waals surface area contributed by atoms with Crippen LogP contribution in [0.25, 0.3) is 66.4 Å². The van der Waals surface area contributed by atoms with E-state index in [0.29, 0.717) is 16.3 Å². The highest BCUT2D eigenvalue weighted by atomic mass is 15.1. The van der Waals surface area contributed by atoms with Gasteiger partial charge in [-0.15, -0.1) is 16.4 Å². The molecule has 0 amide bonds. The first-order chi connectivity index (χ1) is 29.2. The van der Waals surface area contributed by atoms with E-state index in [4.69, 9.17) is 54.9 Å². The number of anilines is 3. The zero-order valence-electron chi connectivity index (χ0n) is 32.8. The Morgan fingerprint density at radius 2 is 0.533 bits per heavy atom. The first-order valence-corrected chi connectivity index (χ1v) is 19.6. The molecule has 1 nitrogen and oxygen atoms in total. The molecule has 9 aromatic carbocycles. The molecule has 8 heteroatoms. The van der Waals surface area contributed by atoms with Crippen molar-refractivity contribution in [3.05, 3.63) is 182 Å². The SMILES string of the molecule is [B]c1c([B])c([B])c2c(-c3cccc(-c4ccc(N(c5ccc(-c6ccccc6)cc5)c5ccc(-c6cccc(-c7ccccc7)c6)cc5)cc4)c3)c([B])c([B])c([B])c2c1[B]. The molecule has 60 heavy (non-hydrogen) atoms. The maximum absolute atomic E-state index is 6.68. The van der Waals surface area contributed by atoms with Crippen molar-refractivity contribution in [3.8, 4) is 55.6 Å². The highest BCUT2D eigenvalue weighted by molar-refractivity contribution is 6.71. The molecule has 0 saturated carbocycles. The number of hydrogen-bond donors (Lipinski definition) is 0. The van der Waals surface area contributed by atoms with Gasteiger partial charge in [-0.1, -0.05) is 155 Å². The van der Waals surface area contributed by atoms with Crippen molar-refractivity contribution in [1.82, 2.24) is 0 Å². The fraction of sp³-hybridized carbons (Fsp3) is 0. The highest BCUT2D eigenvalue weighted by Gasteiger charge is 2.19. The molecule has 0 aromatic heterocycles. The predicted molar refractivity (Wildman–Crippen MR) is 264 cm³/mol. The van der Waals surface area contributed by atoms with Crippen LogP contribution in [0.3, 0.4) is 0 Å². The summed E-state index contributed by atoms with van der Waals surface area (Å²) in [7, 11) is 45.2. The van der Waals surface area contributed by atoms with E-state index in [2.05, 4.69) is 150 Å². The second-order valence-corrected chi connectivity index (χ2v) is 14.9. The minimum absolute atomic E-state index is 0.154. The standard InChI is InChI=1S/C52H30B7N/c53-46-43(44-45(48(55)50(46)57)49(56)52(59)51(58)47(44)54)39-16-8-15-38(30-39)35-21-27-42(28-22-35)60(40-23-17-33(18-24-40)31-9-3-1-4-10-31)41-25-19-34(20-26-41)37-14-7-13-36(29-37)32-11-5-2-6-12-32/h1-30H. The molecule has 9 aromatic rings. The molecule has 0 heterocycles. The summed E-state index contributed by atoms with van der Waals surface area (Å²) in [5, 5.41) is 0.945. The summed E-state index contributed by atoms with van der Waals surface area (Å²) >= 11 is 0. The van der Waals surface area contributed by atoms with Crippen molar-refractivity contribution in [2.24, 2.45) is 0 Å². The van der Waals surface area contributed by atoms with Crippen LogP contribution in [0.5, 0.6) is 0 Å². The molecule has 14 radical (unpaired) electrons. The van der Waals surface area contributed by atoms with Gasteiger partial charge < -0.3 is 4.90 Å². The molecule has 9 rings (SSSR count). The quantitative estimate of drug-likeness (QED) is 0.168. The number of rotatable bonds is 8. The lowest BCUT2D eigenvalue weighted by atomic mass is 9.59. The van der Waals surface area contributed by atoms with E-state index in [1.165, 1.54) is 16.7 Å². The van der Waals surface area contributed by atoms with E-state index in [9.17, 15) is 0 Å². The van der Waals surface area contributed by atoms with Gasteiger partial charge in [-0.2, -0.15) is 0 Å². The summed E-state index contributed by atoms with van der Waals surface area (Å²) < 4.78 is 0. The van der Waals surface area contributed by atoms with E-state index in [-0.39, 0.29) is 38.2 Å². The fourth-order valence-electron chi connectivity index (χ4n) is 8.07. The second-order valence-electron chi connectivity index (χ2n) is 14.9. The topological polar surface area (TPSA) is 3.24 Å². The molecule has 0 saturated heterocycles. The monoisotopic (exact) mass is 745 g/mol. The summed E-state index contributed by atoms with van der Waals surface area (Å²) in [6, 6.07) is 63.4. The van der Waals surface area contributed by atoms with Gasteiger partial charge in [0.05, 0.1) is 0 Å². The summed E-state index contributed by atoms with van der Waals surface area (Å²) in [6.07, 6.45) is 0. The molecule has 0 N–H and O–H groups in total. The van der Waals surface area contributed by atoms with Crippen LogP contribution in [0.2, 0.25) is 0 Å². The second kappa shape index (κ2) is 16.3. The Morgan fingerprint density at radius 3 is 0.967 bits per heavy atom. The van der Waals surface area contributed by atoms with Crippen LogP contribution in [0, 0.1) is 0 Å². The smallest absolute Gasteiger partial charge is 0.113 e. The van der Waals surface area contributed by atoms with E-state index in [1.54, 1.807) is 0 Å². The van der Waals surface area contributed by atoms with Crippen LogP contribution in [-0.4, -0.2) is 54.9 Å². The first-order valence-electron chi connectivity index (χ1n) is 19.6. The fourth-order valence-corrected chi connectivity index (χ4v) is 8.07. The molecule has 264 valence electrons. The summed E-state index contributed by atoms with van der Waals surface area (Å²) in [6.45, 7) is 0. The highest BCUT2D eigenvalue weighted by Crippen LogP contribution is 2.38. The molecule has 0 atom stereocenters. The normalized spacial score (nSPS) is 11.1. The van der Waals surface area contributed by atoms with Gasteiger partial charge in [-0.05, 0) is 115 Å². The van der Waals surface area contributed by atoms with E-state index >= 15 is 0 Å². The van der Waals surface area contributed by atoms with Crippen LogP contribution in [0.1, 0.15) is 0 Å². The third kappa shape index (κ3) is 7.15. The minimum atomic E-state index is 0.154. The Kier molecular flexibility index (Phi) is 10.6. The van der Waals surface area contributed by atoms with Crippen molar-refractivity contribution < 1.29 is 0 Å². The molecular weight excluding hydrogens is 714 g/mol.